The van der Waals surface area contributed by atoms with Gasteiger partial charge in [0.25, 0.3) is 5.91 Å². The van der Waals surface area contributed by atoms with Crippen LogP contribution in [0, 0.1) is 11.8 Å². The minimum Gasteiger partial charge on any atom is -0.449 e. The van der Waals surface area contributed by atoms with Crippen LogP contribution in [0.5, 0.6) is 0 Å². The summed E-state index contributed by atoms with van der Waals surface area (Å²) in [4.78, 5) is 38.7. The highest BCUT2D eigenvalue weighted by atomic mass is 35.5. The molecule has 1 N–H and O–H groups in total. The highest BCUT2D eigenvalue weighted by Crippen LogP contribution is 2.31. The van der Waals surface area contributed by atoms with Crippen LogP contribution in [0.1, 0.15) is 63.2 Å². The number of hydrogen-bond acceptors (Lipinski definition) is 4. The van der Waals surface area contributed by atoms with Gasteiger partial charge >= 0.3 is 5.97 Å². The molecule has 4 atom stereocenters. The Hall–Kier alpha value is -2.08. The number of nitrogens with one attached hydrogen (secondary N) is 1. The molecule has 7 heteroatoms. The second kappa shape index (κ2) is 9.16. The maximum atomic E-state index is 12.6. The molecule has 1 saturated heterocycles. The Bertz CT molecular complexity index is 797. The van der Waals surface area contributed by atoms with Crippen LogP contribution in [-0.4, -0.2) is 36.5 Å². The lowest BCUT2D eigenvalue weighted by Crippen LogP contribution is -2.47. The number of rotatable bonds is 5. The molecule has 1 saturated carbocycles. The number of amides is 2. The van der Waals surface area contributed by atoms with E-state index in [9.17, 15) is 14.4 Å². The van der Waals surface area contributed by atoms with Crippen molar-refractivity contribution in [2.45, 2.75) is 65.0 Å². The zero-order valence-electron chi connectivity index (χ0n) is 17.2. The molecule has 2 amide bonds. The average molecular weight is 421 g/mol. The first-order valence-electron chi connectivity index (χ1n) is 10.4. The van der Waals surface area contributed by atoms with E-state index in [4.69, 9.17) is 16.3 Å². The van der Waals surface area contributed by atoms with Gasteiger partial charge in [0, 0.05) is 19.0 Å². The summed E-state index contributed by atoms with van der Waals surface area (Å²) in [6.07, 6.45) is 3.55. The third kappa shape index (κ3) is 4.92. The van der Waals surface area contributed by atoms with Crippen molar-refractivity contribution in [2.24, 2.45) is 11.8 Å². The zero-order chi connectivity index (χ0) is 21.1. The standard InChI is InChI=1S/C22H29ClN2O4/c1-13-6-4-7-18(14(13)2)24-21(27)15(3)29-22(28)16-9-10-17(23)19(12-16)25-11-5-8-20(25)26/h9-10,12-15,18H,4-8,11H2,1-3H3,(H,24,27)/t13-,14-,15-,18+/m1/s1. The van der Waals surface area contributed by atoms with E-state index >= 15 is 0 Å². The van der Waals surface area contributed by atoms with Crippen LogP contribution in [-0.2, 0) is 14.3 Å². The first kappa shape index (κ1) is 21.6. The molecule has 0 spiro atoms. The number of carbonyl (C=O) groups excluding carboxylic acids is 3. The van der Waals surface area contributed by atoms with Gasteiger partial charge in [-0.3, -0.25) is 9.59 Å². The van der Waals surface area contributed by atoms with Crippen LogP contribution in [0.2, 0.25) is 5.02 Å². The van der Waals surface area contributed by atoms with Gasteiger partial charge in [-0.2, -0.15) is 0 Å². The normalized spacial score (nSPS) is 25.6. The van der Waals surface area contributed by atoms with E-state index in [1.165, 1.54) is 6.42 Å². The molecule has 2 fully saturated rings. The average Bonchev–Trinajstić information content (AvgIpc) is 3.11. The number of ether oxygens (including phenoxy) is 1. The summed E-state index contributed by atoms with van der Waals surface area (Å²) in [5.74, 6) is 0.0524. The minimum atomic E-state index is -0.903. The van der Waals surface area contributed by atoms with E-state index in [-0.39, 0.29) is 23.4 Å². The Morgan fingerprint density at radius 2 is 2.00 bits per heavy atom. The molecule has 158 valence electrons. The summed E-state index contributed by atoms with van der Waals surface area (Å²) >= 11 is 6.23. The van der Waals surface area contributed by atoms with Crippen LogP contribution in [0.3, 0.4) is 0 Å². The molecule has 0 radical (unpaired) electrons. The molecular formula is C22H29ClN2O4. The minimum absolute atomic E-state index is 0.0130. The topological polar surface area (TPSA) is 75.7 Å². The van der Waals surface area contributed by atoms with Gasteiger partial charge in [0.15, 0.2) is 6.10 Å². The second-order valence-corrected chi connectivity index (χ2v) is 8.65. The Balaban J connectivity index is 1.63. The number of nitrogens with zero attached hydrogens (tertiary/aromatic N) is 1. The maximum Gasteiger partial charge on any atom is 0.338 e. The lowest BCUT2D eigenvalue weighted by molar-refractivity contribution is -0.130. The van der Waals surface area contributed by atoms with Crippen molar-refractivity contribution in [2.75, 3.05) is 11.4 Å². The number of hydrogen-bond donors (Lipinski definition) is 1. The molecule has 1 aromatic rings. The predicted molar refractivity (Wildman–Crippen MR) is 112 cm³/mol. The van der Waals surface area contributed by atoms with Crippen molar-refractivity contribution in [3.05, 3.63) is 28.8 Å². The van der Waals surface area contributed by atoms with Crippen molar-refractivity contribution in [1.29, 1.82) is 0 Å². The van der Waals surface area contributed by atoms with Crippen LogP contribution in [0.15, 0.2) is 18.2 Å². The fourth-order valence-corrected chi connectivity index (χ4v) is 4.34. The summed E-state index contributed by atoms with van der Waals surface area (Å²) < 4.78 is 5.39. The van der Waals surface area contributed by atoms with Crippen molar-refractivity contribution < 1.29 is 19.1 Å². The predicted octanol–water partition coefficient (Wildman–Crippen LogP) is 3.95. The van der Waals surface area contributed by atoms with Gasteiger partial charge in [-0.25, -0.2) is 4.79 Å². The quantitative estimate of drug-likeness (QED) is 0.731. The summed E-state index contributed by atoms with van der Waals surface area (Å²) in [5.41, 5.74) is 0.772. The van der Waals surface area contributed by atoms with Crippen molar-refractivity contribution >= 4 is 35.1 Å². The molecule has 0 unspecified atom stereocenters. The molecule has 1 heterocycles. The Kier molecular flexibility index (Phi) is 6.83. The summed E-state index contributed by atoms with van der Waals surface area (Å²) in [7, 11) is 0. The summed E-state index contributed by atoms with van der Waals surface area (Å²) in [5, 5.41) is 3.44. The van der Waals surface area contributed by atoms with Gasteiger partial charge in [0.2, 0.25) is 5.91 Å². The SMILES string of the molecule is C[C@@H]1[C@H](C)CCC[C@@H]1NC(=O)[C@@H](C)OC(=O)c1ccc(Cl)c(N2CCCC2=O)c1. The van der Waals surface area contributed by atoms with Crippen LogP contribution >= 0.6 is 11.6 Å². The fraction of sp³-hybridized carbons (Fsp3) is 0.591. The number of halogens is 1. The summed E-state index contributed by atoms with van der Waals surface area (Å²) in [6.45, 7) is 6.51. The van der Waals surface area contributed by atoms with Crippen LogP contribution < -0.4 is 10.2 Å². The number of benzene rings is 1. The zero-order valence-corrected chi connectivity index (χ0v) is 18.0. The largest absolute Gasteiger partial charge is 0.449 e. The fourth-order valence-electron chi connectivity index (χ4n) is 4.12. The molecule has 6 nitrogen and oxygen atoms in total. The Morgan fingerprint density at radius 1 is 1.24 bits per heavy atom. The van der Waals surface area contributed by atoms with E-state index in [2.05, 4.69) is 19.2 Å². The van der Waals surface area contributed by atoms with Gasteiger partial charge < -0.3 is 15.0 Å². The van der Waals surface area contributed by atoms with E-state index in [1.807, 2.05) is 0 Å². The first-order chi connectivity index (χ1) is 13.8. The molecule has 1 aliphatic carbocycles. The third-order valence-corrected chi connectivity index (χ3v) is 6.55. The molecule has 1 aliphatic heterocycles. The highest BCUT2D eigenvalue weighted by molar-refractivity contribution is 6.34. The number of esters is 1. The van der Waals surface area contributed by atoms with Crippen LogP contribution in [0.25, 0.3) is 0 Å². The number of carbonyl (C=O) groups is 3. The van der Waals surface area contributed by atoms with Crippen molar-refractivity contribution in [1.82, 2.24) is 5.32 Å². The number of anilines is 1. The monoisotopic (exact) mass is 420 g/mol. The van der Waals surface area contributed by atoms with Gasteiger partial charge in [-0.05, 0) is 49.8 Å². The molecule has 0 bridgehead atoms. The molecule has 0 aromatic heterocycles. The van der Waals surface area contributed by atoms with E-state index < -0.39 is 12.1 Å². The van der Waals surface area contributed by atoms with E-state index in [0.29, 0.717) is 35.5 Å². The lowest BCUT2D eigenvalue weighted by atomic mass is 9.78. The molecule has 2 aliphatic rings. The Labute approximate surface area is 176 Å². The smallest absolute Gasteiger partial charge is 0.338 e. The molecular weight excluding hydrogens is 392 g/mol. The van der Waals surface area contributed by atoms with Crippen molar-refractivity contribution in [3.63, 3.8) is 0 Å². The van der Waals surface area contributed by atoms with Gasteiger partial charge in [0.1, 0.15) is 0 Å². The van der Waals surface area contributed by atoms with Gasteiger partial charge in [0.05, 0.1) is 16.3 Å². The molecule has 1 aromatic carbocycles. The van der Waals surface area contributed by atoms with Gasteiger partial charge in [-0.15, -0.1) is 0 Å². The Morgan fingerprint density at radius 3 is 2.69 bits per heavy atom. The van der Waals surface area contributed by atoms with E-state index in [0.717, 1.165) is 19.3 Å². The van der Waals surface area contributed by atoms with E-state index in [1.54, 1.807) is 30.0 Å². The summed E-state index contributed by atoms with van der Waals surface area (Å²) in [6, 6.07) is 4.79. The third-order valence-electron chi connectivity index (χ3n) is 6.23. The van der Waals surface area contributed by atoms with Crippen molar-refractivity contribution in [3.8, 4) is 0 Å². The second-order valence-electron chi connectivity index (χ2n) is 8.25. The molecule has 29 heavy (non-hydrogen) atoms. The lowest BCUT2D eigenvalue weighted by Gasteiger charge is -2.35. The maximum absolute atomic E-state index is 12.6. The first-order valence-corrected chi connectivity index (χ1v) is 10.8. The highest BCUT2D eigenvalue weighted by Gasteiger charge is 2.30. The molecule has 3 rings (SSSR count). The van der Waals surface area contributed by atoms with Gasteiger partial charge in [-0.1, -0.05) is 38.3 Å². The van der Waals surface area contributed by atoms with Crippen LogP contribution in [0.4, 0.5) is 5.69 Å².